The summed E-state index contributed by atoms with van der Waals surface area (Å²) in [7, 11) is 0. The summed E-state index contributed by atoms with van der Waals surface area (Å²) in [4.78, 5) is 21.8. The van der Waals surface area contributed by atoms with Gasteiger partial charge in [-0.25, -0.2) is 4.98 Å². The average molecular weight is 512 g/mol. The summed E-state index contributed by atoms with van der Waals surface area (Å²) in [5.41, 5.74) is 1.49. The highest BCUT2D eigenvalue weighted by atomic mass is 35.5. The average Bonchev–Trinajstić information content (AvgIpc) is 3.32. The quantitative estimate of drug-likeness (QED) is 0.529. The van der Waals surface area contributed by atoms with Crippen LogP contribution in [0.25, 0.3) is 0 Å². The van der Waals surface area contributed by atoms with Crippen LogP contribution in [0.1, 0.15) is 36.8 Å². The zero-order valence-electron chi connectivity index (χ0n) is 19.5. The smallest absolute Gasteiger partial charge is 0.225 e. The van der Waals surface area contributed by atoms with Crippen LogP contribution in [0.2, 0.25) is 10.0 Å². The third-order valence-electron chi connectivity index (χ3n) is 7.05. The van der Waals surface area contributed by atoms with Crippen molar-refractivity contribution in [2.45, 2.75) is 31.8 Å². The van der Waals surface area contributed by atoms with E-state index < -0.39 is 0 Å². The molecule has 2 aromatic rings. The number of ether oxygens (including phenoxy) is 1. The van der Waals surface area contributed by atoms with E-state index in [2.05, 4.69) is 22.0 Å². The first kappa shape index (κ1) is 25.3. The van der Waals surface area contributed by atoms with Crippen LogP contribution < -0.4 is 4.74 Å². The van der Waals surface area contributed by atoms with Gasteiger partial charge in [-0.15, -0.1) is 0 Å². The fourth-order valence-electron chi connectivity index (χ4n) is 5.07. The van der Waals surface area contributed by atoms with E-state index in [-0.39, 0.29) is 29.8 Å². The maximum absolute atomic E-state index is 13.5. The van der Waals surface area contributed by atoms with Crippen LogP contribution >= 0.6 is 23.2 Å². The van der Waals surface area contributed by atoms with Crippen molar-refractivity contribution in [2.24, 2.45) is 11.8 Å². The second-order valence-corrected chi connectivity index (χ2v) is 10.0. The molecule has 3 heterocycles. The molecule has 3 unspecified atom stereocenters. The number of rotatable bonds is 6. The highest BCUT2D eigenvalue weighted by Gasteiger charge is 2.42. The van der Waals surface area contributed by atoms with E-state index in [1.807, 2.05) is 24.0 Å². The van der Waals surface area contributed by atoms with E-state index in [4.69, 9.17) is 38.5 Å². The molecule has 0 saturated carbocycles. The van der Waals surface area contributed by atoms with Crippen LogP contribution in [0.5, 0.6) is 5.88 Å². The van der Waals surface area contributed by atoms with E-state index in [9.17, 15) is 4.79 Å². The van der Waals surface area contributed by atoms with Crippen molar-refractivity contribution >= 4 is 29.1 Å². The van der Waals surface area contributed by atoms with E-state index >= 15 is 0 Å². The number of carbonyl (C=O) groups excluding carboxylic acids is 1. The van der Waals surface area contributed by atoms with E-state index in [1.165, 1.54) is 6.20 Å². The molecule has 4 rings (SSSR count). The molecule has 0 aliphatic carbocycles. The van der Waals surface area contributed by atoms with Crippen LogP contribution in [-0.4, -0.2) is 59.5 Å². The molecule has 35 heavy (non-hydrogen) atoms. The Morgan fingerprint density at radius 3 is 2.57 bits per heavy atom. The number of halogens is 2. The second kappa shape index (κ2) is 11.3. The number of nitrogens with zero attached hydrogens (tertiary/aromatic N) is 5. The molecule has 182 valence electrons. The largest absolute Gasteiger partial charge is 0.474 e. The lowest BCUT2D eigenvalue weighted by atomic mass is 9.86. The van der Waals surface area contributed by atoms with E-state index in [0.29, 0.717) is 41.1 Å². The summed E-state index contributed by atoms with van der Waals surface area (Å²) in [6.07, 6.45) is 2.78. The highest BCUT2D eigenvalue weighted by Crippen LogP contribution is 2.39. The van der Waals surface area contributed by atoms with Gasteiger partial charge in [0.25, 0.3) is 0 Å². The summed E-state index contributed by atoms with van der Waals surface area (Å²) < 4.78 is 6.16. The molecule has 2 aliphatic rings. The number of hydrogen-bond acceptors (Lipinski definition) is 6. The Bertz CT molecular complexity index is 1140. The van der Waals surface area contributed by atoms with Crippen molar-refractivity contribution in [1.29, 1.82) is 10.5 Å². The highest BCUT2D eigenvalue weighted by molar-refractivity contribution is 6.42. The molecule has 9 heteroatoms. The molecular weight excluding hydrogens is 485 g/mol. The molecule has 0 bridgehead atoms. The van der Waals surface area contributed by atoms with Gasteiger partial charge in [0, 0.05) is 43.1 Å². The summed E-state index contributed by atoms with van der Waals surface area (Å²) in [5, 5.41) is 18.9. The van der Waals surface area contributed by atoms with Crippen LogP contribution in [0.15, 0.2) is 36.5 Å². The van der Waals surface area contributed by atoms with E-state index in [1.54, 1.807) is 18.2 Å². The summed E-state index contributed by atoms with van der Waals surface area (Å²) in [6, 6.07) is 13.2. The molecule has 1 amide bonds. The topological polar surface area (TPSA) is 93.2 Å². The van der Waals surface area contributed by atoms with Crippen molar-refractivity contribution in [3.8, 4) is 18.0 Å². The van der Waals surface area contributed by atoms with Crippen molar-refractivity contribution in [1.82, 2.24) is 14.8 Å². The molecule has 0 N–H and O–H groups in total. The van der Waals surface area contributed by atoms with Gasteiger partial charge >= 0.3 is 0 Å². The fourth-order valence-corrected chi connectivity index (χ4v) is 5.38. The van der Waals surface area contributed by atoms with Gasteiger partial charge < -0.3 is 9.64 Å². The minimum atomic E-state index is -0.231. The molecule has 0 radical (unpaired) electrons. The van der Waals surface area contributed by atoms with Crippen molar-refractivity contribution in [3.63, 3.8) is 0 Å². The molecule has 1 aromatic carbocycles. The molecule has 2 aliphatic heterocycles. The first-order valence-corrected chi connectivity index (χ1v) is 12.5. The Morgan fingerprint density at radius 1 is 1.17 bits per heavy atom. The predicted octanol–water partition coefficient (Wildman–Crippen LogP) is 4.51. The lowest BCUT2D eigenvalue weighted by Gasteiger charge is -2.32. The summed E-state index contributed by atoms with van der Waals surface area (Å²) >= 11 is 12.5. The Hall–Kier alpha value is -2.84. The zero-order valence-corrected chi connectivity index (χ0v) is 21.0. The van der Waals surface area contributed by atoms with Crippen molar-refractivity contribution in [2.75, 3.05) is 32.7 Å². The number of hydrogen-bond donors (Lipinski definition) is 0. The summed E-state index contributed by atoms with van der Waals surface area (Å²) in [5.74, 6) is 0.625. The molecule has 0 spiro atoms. The number of aromatic nitrogens is 1. The third-order valence-corrected chi connectivity index (χ3v) is 7.79. The van der Waals surface area contributed by atoms with E-state index in [0.717, 1.165) is 31.5 Å². The van der Waals surface area contributed by atoms with Gasteiger partial charge in [0.1, 0.15) is 12.2 Å². The van der Waals surface area contributed by atoms with Crippen LogP contribution in [-0.2, 0) is 4.79 Å². The molecular formula is C26H27Cl2N5O2. The first-order chi connectivity index (χ1) is 16.9. The van der Waals surface area contributed by atoms with Gasteiger partial charge in [-0.3, -0.25) is 9.69 Å². The maximum Gasteiger partial charge on any atom is 0.225 e. The molecule has 2 saturated heterocycles. The maximum atomic E-state index is 13.5. The number of nitriles is 2. The number of likely N-dealkylation sites (tertiary alicyclic amines) is 2. The Kier molecular flexibility index (Phi) is 8.13. The SMILES string of the molecule is CC(Oc1ccc(C#N)cn1)C1CN(C(=O)C2CCN(CC#N)CC2)CC1c1ccc(Cl)c(Cl)c1. The molecule has 3 atom stereocenters. The van der Waals surface area contributed by atoms with Gasteiger partial charge in [0.15, 0.2) is 0 Å². The number of pyridine rings is 1. The first-order valence-electron chi connectivity index (χ1n) is 11.8. The van der Waals surface area contributed by atoms with Gasteiger partial charge in [0.2, 0.25) is 11.8 Å². The molecule has 1 aromatic heterocycles. The predicted molar refractivity (Wildman–Crippen MR) is 133 cm³/mol. The Balaban J connectivity index is 1.51. The summed E-state index contributed by atoms with van der Waals surface area (Å²) in [6.45, 7) is 5.07. The standard InChI is InChI=1S/C26H27Cl2N5O2/c1-17(35-25-5-2-18(13-30)14-31-25)21-15-33(16-22(21)20-3-4-23(27)24(28)12-20)26(34)19-6-9-32(10-7-19)11-8-29/h2-5,12,14,17,19,21-22H,6-7,9-11,15-16H2,1H3. The lowest BCUT2D eigenvalue weighted by Crippen LogP contribution is -2.42. The van der Waals surface area contributed by atoms with Gasteiger partial charge in [0.05, 0.1) is 28.2 Å². The molecule has 7 nitrogen and oxygen atoms in total. The Morgan fingerprint density at radius 2 is 1.94 bits per heavy atom. The van der Waals surface area contributed by atoms with Crippen LogP contribution in [0.3, 0.4) is 0 Å². The van der Waals surface area contributed by atoms with Crippen molar-refractivity contribution < 1.29 is 9.53 Å². The zero-order chi connectivity index (χ0) is 24.9. The third kappa shape index (κ3) is 5.87. The van der Waals surface area contributed by atoms with Gasteiger partial charge in [-0.1, -0.05) is 29.3 Å². The minimum absolute atomic E-state index is 0.0207. The van der Waals surface area contributed by atoms with Crippen LogP contribution in [0.4, 0.5) is 0 Å². The van der Waals surface area contributed by atoms with Crippen molar-refractivity contribution in [3.05, 3.63) is 57.7 Å². The number of piperidine rings is 1. The molecule has 2 fully saturated rings. The van der Waals surface area contributed by atoms with Crippen LogP contribution in [0, 0.1) is 34.5 Å². The lowest BCUT2D eigenvalue weighted by molar-refractivity contribution is -0.136. The van der Waals surface area contributed by atoms with Gasteiger partial charge in [-0.05, 0) is 56.6 Å². The minimum Gasteiger partial charge on any atom is -0.474 e. The monoisotopic (exact) mass is 511 g/mol. The second-order valence-electron chi connectivity index (χ2n) is 9.22. The number of carbonyl (C=O) groups is 1. The number of benzene rings is 1. The fraction of sp³-hybridized carbons (Fsp3) is 0.462. The Labute approximate surface area is 215 Å². The van der Waals surface area contributed by atoms with Gasteiger partial charge in [-0.2, -0.15) is 10.5 Å². The normalized spacial score (nSPS) is 21.8. The number of amides is 1.